The van der Waals surface area contributed by atoms with Gasteiger partial charge in [-0.05, 0) is 49.5 Å². The van der Waals surface area contributed by atoms with Gasteiger partial charge in [0.25, 0.3) is 0 Å². The summed E-state index contributed by atoms with van der Waals surface area (Å²) in [5.74, 6) is 2.70. The summed E-state index contributed by atoms with van der Waals surface area (Å²) in [5.41, 5.74) is 2.90. The van der Waals surface area contributed by atoms with Crippen LogP contribution in [0.5, 0.6) is 0 Å². The van der Waals surface area contributed by atoms with Crippen molar-refractivity contribution in [3.8, 4) is 0 Å². The molecule has 0 aliphatic carbocycles. The standard InChI is InChI=1S/C18H33N/c1-9-10-11-17(15(6)12-19-8)18(14(4)5)16(7)13(2)3/h9-10,12-14,16,18H,11H2,1-8H3/b10-9-,17-15+,19-12?. The lowest BCUT2D eigenvalue weighted by molar-refractivity contribution is 0.248. The van der Waals surface area contributed by atoms with Crippen molar-refractivity contribution in [3.63, 3.8) is 0 Å². The Morgan fingerprint density at radius 1 is 1.05 bits per heavy atom. The lowest BCUT2D eigenvalue weighted by Crippen LogP contribution is -2.25. The van der Waals surface area contributed by atoms with Crippen LogP contribution in [-0.4, -0.2) is 13.3 Å². The molecule has 0 aliphatic rings. The van der Waals surface area contributed by atoms with Crippen LogP contribution in [0.3, 0.4) is 0 Å². The fourth-order valence-corrected chi connectivity index (χ4v) is 2.82. The summed E-state index contributed by atoms with van der Waals surface area (Å²) in [6.07, 6.45) is 7.48. The predicted molar refractivity (Wildman–Crippen MR) is 88.9 cm³/mol. The van der Waals surface area contributed by atoms with Crippen LogP contribution >= 0.6 is 0 Å². The molecule has 0 amide bonds. The third-order valence-electron chi connectivity index (χ3n) is 4.14. The minimum Gasteiger partial charge on any atom is -0.296 e. The van der Waals surface area contributed by atoms with Crippen molar-refractivity contribution in [3.05, 3.63) is 23.3 Å². The van der Waals surface area contributed by atoms with E-state index in [1.165, 1.54) is 5.57 Å². The van der Waals surface area contributed by atoms with Gasteiger partial charge in [-0.1, -0.05) is 52.3 Å². The Labute approximate surface area is 120 Å². The molecule has 1 nitrogen and oxygen atoms in total. The number of hydrogen-bond donors (Lipinski definition) is 0. The molecule has 1 heteroatoms. The average molecular weight is 263 g/mol. The molecule has 0 rings (SSSR count). The Kier molecular flexibility index (Phi) is 8.71. The normalized spacial score (nSPS) is 17.6. The van der Waals surface area contributed by atoms with Crippen LogP contribution in [-0.2, 0) is 0 Å². The van der Waals surface area contributed by atoms with E-state index >= 15 is 0 Å². The van der Waals surface area contributed by atoms with Gasteiger partial charge in [0.05, 0.1) is 0 Å². The molecule has 0 aromatic carbocycles. The summed E-state index contributed by atoms with van der Waals surface area (Å²) >= 11 is 0. The first kappa shape index (κ1) is 18.1. The zero-order valence-electron chi connectivity index (χ0n) is 14.2. The van der Waals surface area contributed by atoms with E-state index < -0.39 is 0 Å². The molecule has 0 spiro atoms. The van der Waals surface area contributed by atoms with E-state index in [-0.39, 0.29) is 0 Å². The summed E-state index contributed by atoms with van der Waals surface area (Å²) in [6.45, 7) is 16.0. The maximum absolute atomic E-state index is 4.20. The zero-order chi connectivity index (χ0) is 15.0. The van der Waals surface area contributed by atoms with Crippen molar-refractivity contribution in [1.29, 1.82) is 0 Å². The SMILES string of the molecule is C/C=C\C/C(=C(/C)C=NC)C(C(C)C)C(C)C(C)C. The van der Waals surface area contributed by atoms with Crippen molar-refractivity contribution in [1.82, 2.24) is 0 Å². The molecule has 110 valence electrons. The van der Waals surface area contributed by atoms with Gasteiger partial charge >= 0.3 is 0 Å². The van der Waals surface area contributed by atoms with Crippen LogP contribution in [0, 0.1) is 23.7 Å². The van der Waals surface area contributed by atoms with Gasteiger partial charge in [-0.15, -0.1) is 0 Å². The Morgan fingerprint density at radius 3 is 2.00 bits per heavy atom. The minimum atomic E-state index is 0.634. The summed E-state index contributed by atoms with van der Waals surface area (Å²) in [5, 5.41) is 0. The smallest absolute Gasteiger partial charge is 0.0277 e. The molecular formula is C18H33N. The molecule has 2 unspecified atom stereocenters. The molecule has 0 fully saturated rings. The quantitative estimate of drug-likeness (QED) is 0.423. The number of nitrogens with zero attached hydrogens (tertiary/aromatic N) is 1. The highest BCUT2D eigenvalue weighted by atomic mass is 14.6. The first-order valence-corrected chi connectivity index (χ1v) is 7.59. The number of aliphatic imine (C=N–C) groups is 1. The monoisotopic (exact) mass is 263 g/mol. The van der Waals surface area contributed by atoms with Gasteiger partial charge in [-0.25, -0.2) is 0 Å². The van der Waals surface area contributed by atoms with Crippen molar-refractivity contribution in [2.45, 2.75) is 54.9 Å². The van der Waals surface area contributed by atoms with Crippen LogP contribution in [0.25, 0.3) is 0 Å². The van der Waals surface area contributed by atoms with Crippen LogP contribution in [0.1, 0.15) is 54.9 Å². The molecule has 0 saturated heterocycles. The Morgan fingerprint density at radius 2 is 1.63 bits per heavy atom. The second kappa shape index (κ2) is 9.12. The molecule has 0 radical (unpaired) electrons. The lowest BCUT2D eigenvalue weighted by atomic mass is 9.72. The fourth-order valence-electron chi connectivity index (χ4n) is 2.82. The highest BCUT2D eigenvalue weighted by molar-refractivity contribution is 5.79. The first-order valence-electron chi connectivity index (χ1n) is 7.59. The van der Waals surface area contributed by atoms with Gasteiger partial charge in [-0.2, -0.15) is 0 Å². The second-order valence-corrected chi connectivity index (χ2v) is 6.24. The summed E-state index contributed by atoms with van der Waals surface area (Å²) in [4.78, 5) is 4.20. The average Bonchev–Trinajstić information content (AvgIpc) is 2.33. The topological polar surface area (TPSA) is 12.4 Å². The second-order valence-electron chi connectivity index (χ2n) is 6.24. The highest BCUT2D eigenvalue weighted by Gasteiger charge is 2.27. The van der Waals surface area contributed by atoms with E-state index in [2.05, 4.69) is 65.6 Å². The van der Waals surface area contributed by atoms with Crippen LogP contribution in [0.2, 0.25) is 0 Å². The van der Waals surface area contributed by atoms with Crippen LogP contribution in [0.15, 0.2) is 28.3 Å². The zero-order valence-corrected chi connectivity index (χ0v) is 14.2. The van der Waals surface area contributed by atoms with Crippen LogP contribution < -0.4 is 0 Å². The summed E-state index contributed by atoms with van der Waals surface area (Å²) in [6, 6.07) is 0. The molecule has 2 atom stereocenters. The minimum absolute atomic E-state index is 0.634. The van der Waals surface area contributed by atoms with Gasteiger partial charge in [0.15, 0.2) is 0 Å². The summed E-state index contributed by atoms with van der Waals surface area (Å²) < 4.78 is 0. The molecule has 0 saturated carbocycles. The summed E-state index contributed by atoms with van der Waals surface area (Å²) in [7, 11) is 1.85. The van der Waals surface area contributed by atoms with E-state index in [0.29, 0.717) is 23.7 Å². The van der Waals surface area contributed by atoms with E-state index in [4.69, 9.17) is 0 Å². The lowest BCUT2D eigenvalue weighted by Gasteiger charge is -2.33. The van der Waals surface area contributed by atoms with E-state index in [9.17, 15) is 0 Å². The highest BCUT2D eigenvalue weighted by Crippen LogP contribution is 2.36. The van der Waals surface area contributed by atoms with Gasteiger partial charge in [0.2, 0.25) is 0 Å². The molecule has 0 N–H and O–H groups in total. The number of rotatable bonds is 7. The third-order valence-corrected chi connectivity index (χ3v) is 4.14. The molecule has 19 heavy (non-hydrogen) atoms. The van der Waals surface area contributed by atoms with Gasteiger partial charge in [0, 0.05) is 13.3 Å². The Hall–Kier alpha value is -0.850. The predicted octanol–water partition coefficient (Wildman–Crippen LogP) is 5.53. The van der Waals surface area contributed by atoms with E-state index in [1.807, 2.05) is 13.3 Å². The van der Waals surface area contributed by atoms with Gasteiger partial charge < -0.3 is 0 Å². The fraction of sp³-hybridized carbons (Fsp3) is 0.722. The largest absolute Gasteiger partial charge is 0.296 e. The van der Waals surface area contributed by atoms with Gasteiger partial charge in [0.1, 0.15) is 0 Å². The number of hydrogen-bond acceptors (Lipinski definition) is 1. The molecule has 0 aromatic heterocycles. The molecule has 0 aliphatic heterocycles. The van der Waals surface area contributed by atoms with E-state index in [0.717, 1.165) is 6.42 Å². The Bertz CT molecular complexity index is 332. The van der Waals surface area contributed by atoms with E-state index in [1.54, 1.807) is 5.57 Å². The van der Waals surface area contributed by atoms with Gasteiger partial charge in [-0.3, -0.25) is 4.99 Å². The van der Waals surface area contributed by atoms with Crippen molar-refractivity contribution in [2.75, 3.05) is 7.05 Å². The molecule has 0 heterocycles. The maximum atomic E-state index is 4.20. The molecule has 0 aromatic rings. The van der Waals surface area contributed by atoms with Crippen LogP contribution in [0.4, 0.5) is 0 Å². The van der Waals surface area contributed by atoms with Crippen molar-refractivity contribution in [2.24, 2.45) is 28.7 Å². The third kappa shape index (κ3) is 5.76. The maximum Gasteiger partial charge on any atom is 0.0277 e. The van der Waals surface area contributed by atoms with Crippen molar-refractivity contribution >= 4 is 6.21 Å². The molecular weight excluding hydrogens is 230 g/mol. The van der Waals surface area contributed by atoms with Crippen molar-refractivity contribution < 1.29 is 0 Å². The first-order chi connectivity index (χ1) is 8.86. The number of allylic oxidation sites excluding steroid dienone is 4. The molecule has 0 bridgehead atoms. The Balaban J connectivity index is 5.56.